The molecular weight excluding hydrogens is 306 g/mol. The van der Waals surface area contributed by atoms with Gasteiger partial charge >= 0.3 is 0 Å². The Morgan fingerprint density at radius 1 is 0.800 bits per heavy atom. The van der Waals surface area contributed by atoms with Crippen LogP contribution in [0.1, 0.15) is 25.0 Å². The molecule has 124 valence electrons. The Kier molecular flexibility index (Phi) is 3.69. The fraction of sp³-hybridized carbons (Fsp3) is 0.174. The first kappa shape index (κ1) is 15.6. The Morgan fingerprint density at radius 2 is 1.44 bits per heavy atom. The summed E-state index contributed by atoms with van der Waals surface area (Å²) in [5, 5.41) is 0. The van der Waals surface area contributed by atoms with Gasteiger partial charge in [-0.1, -0.05) is 72.8 Å². The molecule has 1 aliphatic rings. The summed E-state index contributed by atoms with van der Waals surface area (Å²) in [6, 6.07) is 26.8. The predicted molar refractivity (Wildman–Crippen MR) is 103 cm³/mol. The third-order valence-corrected chi connectivity index (χ3v) is 5.08. The largest absolute Gasteiger partial charge is 0.307 e. The maximum Gasteiger partial charge on any atom is 0.237 e. The Labute approximate surface area is 148 Å². The first-order chi connectivity index (χ1) is 12.1. The summed E-state index contributed by atoms with van der Waals surface area (Å²) in [6.07, 6.45) is 0. The van der Waals surface area contributed by atoms with Gasteiger partial charge in [-0.25, -0.2) is 0 Å². The fourth-order valence-electron chi connectivity index (χ4n) is 3.68. The van der Waals surface area contributed by atoms with Crippen molar-refractivity contribution in [2.45, 2.75) is 25.8 Å². The Morgan fingerprint density at radius 3 is 2.24 bits per heavy atom. The number of carbonyl (C=O) groups is 1. The predicted octanol–water partition coefficient (Wildman–Crippen LogP) is 5.18. The maximum atomic E-state index is 13.1. The van der Waals surface area contributed by atoms with Crippen LogP contribution in [0.15, 0.2) is 78.9 Å². The first-order valence-electron chi connectivity index (χ1n) is 8.64. The molecule has 1 aliphatic heterocycles. The van der Waals surface area contributed by atoms with Gasteiger partial charge in [0.15, 0.2) is 0 Å². The van der Waals surface area contributed by atoms with Gasteiger partial charge in [0, 0.05) is 5.69 Å². The molecule has 0 N–H and O–H groups in total. The van der Waals surface area contributed by atoms with E-state index in [9.17, 15) is 4.79 Å². The van der Waals surface area contributed by atoms with E-state index in [1.54, 1.807) is 0 Å². The summed E-state index contributed by atoms with van der Waals surface area (Å²) in [7, 11) is 0. The SMILES string of the molecule is CC1(C)C(=O)N(Cc2ccccc2-c2ccccc2)c2ccccc21. The fourth-order valence-corrected chi connectivity index (χ4v) is 3.68. The van der Waals surface area contributed by atoms with E-state index in [4.69, 9.17) is 0 Å². The number of benzene rings is 3. The van der Waals surface area contributed by atoms with Crippen LogP contribution in [0.2, 0.25) is 0 Å². The highest BCUT2D eigenvalue weighted by atomic mass is 16.2. The molecule has 4 rings (SSSR count). The van der Waals surface area contributed by atoms with Gasteiger partial charge in [0.05, 0.1) is 12.0 Å². The molecule has 0 saturated heterocycles. The molecule has 1 heterocycles. The monoisotopic (exact) mass is 327 g/mol. The van der Waals surface area contributed by atoms with Crippen molar-refractivity contribution in [3.8, 4) is 11.1 Å². The van der Waals surface area contributed by atoms with E-state index in [0.29, 0.717) is 6.54 Å². The molecule has 0 radical (unpaired) electrons. The number of rotatable bonds is 3. The summed E-state index contributed by atoms with van der Waals surface area (Å²) >= 11 is 0. The maximum absolute atomic E-state index is 13.1. The van der Waals surface area contributed by atoms with Crippen molar-refractivity contribution >= 4 is 11.6 Å². The van der Waals surface area contributed by atoms with Gasteiger partial charge in [-0.15, -0.1) is 0 Å². The van der Waals surface area contributed by atoms with Crippen molar-refractivity contribution in [2.24, 2.45) is 0 Å². The second-order valence-corrected chi connectivity index (χ2v) is 7.06. The molecule has 2 nitrogen and oxygen atoms in total. The zero-order chi connectivity index (χ0) is 17.4. The Bertz CT molecular complexity index is 928. The van der Waals surface area contributed by atoms with Crippen molar-refractivity contribution in [3.05, 3.63) is 90.0 Å². The highest BCUT2D eigenvalue weighted by Crippen LogP contribution is 2.42. The van der Waals surface area contributed by atoms with Crippen LogP contribution in [-0.4, -0.2) is 5.91 Å². The van der Waals surface area contributed by atoms with Crippen molar-refractivity contribution in [3.63, 3.8) is 0 Å². The molecule has 0 bridgehead atoms. The second-order valence-electron chi connectivity index (χ2n) is 7.06. The van der Waals surface area contributed by atoms with Crippen LogP contribution < -0.4 is 4.90 Å². The molecular formula is C23H21NO. The number of fused-ring (bicyclic) bond motifs is 1. The molecule has 3 aromatic carbocycles. The number of nitrogens with zero attached hydrogens (tertiary/aromatic N) is 1. The van der Waals surface area contributed by atoms with E-state index in [0.717, 1.165) is 16.8 Å². The quantitative estimate of drug-likeness (QED) is 0.649. The van der Waals surface area contributed by atoms with Crippen molar-refractivity contribution < 1.29 is 4.79 Å². The summed E-state index contributed by atoms with van der Waals surface area (Å²) < 4.78 is 0. The van der Waals surface area contributed by atoms with Gasteiger partial charge < -0.3 is 4.90 Å². The highest BCUT2D eigenvalue weighted by Gasteiger charge is 2.43. The average molecular weight is 327 g/mol. The van der Waals surface area contributed by atoms with Crippen LogP contribution in [0.25, 0.3) is 11.1 Å². The number of hydrogen-bond acceptors (Lipinski definition) is 1. The van der Waals surface area contributed by atoms with Crippen LogP contribution >= 0.6 is 0 Å². The van der Waals surface area contributed by atoms with Gasteiger partial charge in [-0.2, -0.15) is 0 Å². The van der Waals surface area contributed by atoms with E-state index >= 15 is 0 Å². The third kappa shape index (κ3) is 2.54. The van der Waals surface area contributed by atoms with Gasteiger partial charge in [-0.3, -0.25) is 4.79 Å². The van der Waals surface area contributed by atoms with E-state index in [1.165, 1.54) is 11.1 Å². The lowest BCUT2D eigenvalue weighted by molar-refractivity contribution is -0.122. The highest BCUT2D eigenvalue weighted by molar-refractivity contribution is 6.07. The molecule has 0 fully saturated rings. The van der Waals surface area contributed by atoms with Crippen LogP contribution in [0.5, 0.6) is 0 Å². The van der Waals surface area contributed by atoms with Crippen LogP contribution in [0.3, 0.4) is 0 Å². The molecule has 2 heteroatoms. The Balaban J connectivity index is 1.76. The number of hydrogen-bond donors (Lipinski definition) is 0. The lowest BCUT2D eigenvalue weighted by Crippen LogP contribution is -2.35. The van der Waals surface area contributed by atoms with Crippen molar-refractivity contribution in [1.29, 1.82) is 0 Å². The van der Waals surface area contributed by atoms with Gasteiger partial charge in [0.1, 0.15) is 0 Å². The topological polar surface area (TPSA) is 20.3 Å². The van der Waals surface area contributed by atoms with Gasteiger partial charge in [0.25, 0.3) is 0 Å². The average Bonchev–Trinajstić information content (AvgIpc) is 2.84. The zero-order valence-corrected chi connectivity index (χ0v) is 14.6. The summed E-state index contributed by atoms with van der Waals surface area (Å²) in [5.41, 5.74) is 5.18. The molecule has 0 aromatic heterocycles. The molecule has 0 unspecified atom stereocenters. The van der Waals surface area contributed by atoms with E-state index in [2.05, 4.69) is 36.4 Å². The minimum Gasteiger partial charge on any atom is -0.307 e. The molecule has 3 aromatic rings. The normalized spacial score (nSPS) is 15.3. The number of para-hydroxylation sites is 1. The molecule has 0 saturated carbocycles. The van der Waals surface area contributed by atoms with Crippen molar-refractivity contribution in [2.75, 3.05) is 4.90 Å². The van der Waals surface area contributed by atoms with E-state index in [-0.39, 0.29) is 5.91 Å². The zero-order valence-electron chi connectivity index (χ0n) is 14.6. The number of amides is 1. The van der Waals surface area contributed by atoms with Crippen LogP contribution in [-0.2, 0) is 16.8 Å². The molecule has 0 atom stereocenters. The van der Waals surface area contributed by atoms with Crippen LogP contribution in [0, 0.1) is 0 Å². The smallest absolute Gasteiger partial charge is 0.237 e. The minimum atomic E-state index is -0.474. The van der Waals surface area contributed by atoms with Gasteiger partial charge in [-0.05, 0) is 42.2 Å². The summed E-state index contributed by atoms with van der Waals surface area (Å²) in [6.45, 7) is 4.61. The summed E-state index contributed by atoms with van der Waals surface area (Å²) in [4.78, 5) is 15.0. The van der Waals surface area contributed by atoms with E-state index < -0.39 is 5.41 Å². The standard InChI is InChI=1S/C23H21NO/c1-23(2)20-14-8-9-15-21(20)24(22(23)25)16-18-12-6-7-13-19(18)17-10-4-3-5-11-17/h3-15H,16H2,1-2H3. The Hall–Kier alpha value is -2.87. The molecule has 0 aliphatic carbocycles. The van der Waals surface area contributed by atoms with Gasteiger partial charge in [0.2, 0.25) is 5.91 Å². The first-order valence-corrected chi connectivity index (χ1v) is 8.64. The number of carbonyl (C=O) groups excluding carboxylic acids is 1. The second kappa shape index (κ2) is 5.89. The lowest BCUT2D eigenvalue weighted by Gasteiger charge is -2.22. The third-order valence-electron chi connectivity index (χ3n) is 5.08. The molecule has 25 heavy (non-hydrogen) atoms. The molecule has 1 amide bonds. The van der Waals surface area contributed by atoms with Crippen molar-refractivity contribution in [1.82, 2.24) is 0 Å². The van der Waals surface area contributed by atoms with E-state index in [1.807, 2.05) is 61.2 Å². The molecule has 0 spiro atoms. The van der Waals surface area contributed by atoms with Crippen LogP contribution in [0.4, 0.5) is 5.69 Å². The summed E-state index contributed by atoms with van der Waals surface area (Å²) in [5.74, 6) is 0.163. The minimum absolute atomic E-state index is 0.163. The number of anilines is 1. The lowest BCUT2D eigenvalue weighted by atomic mass is 9.86.